The van der Waals surface area contributed by atoms with Crippen LogP contribution in [-0.4, -0.2) is 23.3 Å². The summed E-state index contributed by atoms with van der Waals surface area (Å²) in [6.07, 6.45) is 10.5. The normalized spacial score (nSPS) is 40.4. The van der Waals surface area contributed by atoms with Gasteiger partial charge in [-0.05, 0) is 37.5 Å². The lowest BCUT2D eigenvalue weighted by atomic mass is 9.69. The van der Waals surface area contributed by atoms with Gasteiger partial charge in [0.25, 0.3) is 0 Å². The molecule has 2 rings (SSSR count). The fraction of sp³-hybridized carbons (Fsp3) is 1.00. The van der Waals surface area contributed by atoms with Crippen molar-refractivity contribution in [2.75, 3.05) is 6.61 Å². The third kappa shape index (κ3) is 3.03. The molecule has 2 aliphatic rings. The molecule has 0 aromatic heterocycles. The second kappa shape index (κ2) is 5.71. The fourth-order valence-corrected chi connectivity index (χ4v) is 3.86. The molecule has 0 aromatic carbocycles. The van der Waals surface area contributed by atoms with Gasteiger partial charge in [-0.15, -0.1) is 0 Å². The van der Waals surface area contributed by atoms with E-state index in [1.807, 2.05) is 0 Å². The van der Waals surface area contributed by atoms with Gasteiger partial charge in [0, 0.05) is 11.6 Å². The lowest BCUT2D eigenvalue weighted by Gasteiger charge is -2.47. The van der Waals surface area contributed by atoms with Gasteiger partial charge in [0.15, 0.2) is 0 Å². The molecule has 3 unspecified atom stereocenters. The monoisotopic (exact) mass is 239 g/mol. The maximum absolute atomic E-state index is 9.90. The average molecular weight is 239 g/mol. The summed E-state index contributed by atoms with van der Waals surface area (Å²) in [5, 5.41) is 13.7. The van der Waals surface area contributed by atoms with Crippen molar-refractivity contribution in [2.24, 2.45) is 11.8 Å². The summed E-state index contributed by atoms with van der Waals surface area (Å²) >= 11 is 0. The first-order valence-corrected chi connectivity index (χ1v) is 7.55. The Morgan fingerprint density at radius 3 is 2.41 bits per heavy atom. The van der Waals surface area contributed by atoms with Crippen LogP contribution in [0.25, 0.3) is 0 Å². The van der Waals surface area contributed by atoms with Gasteiger partial charge in [-0.1, -0.05) is 39.5 Å². The molecule has 2 nitrogen and oxygen atoms in total. The van der Waals surface area contributed by atoms with Gasteiger partial charge in [-0.25, -0.2) is 0 Å². The van der Waals surface area contributed by atoms with Crippen molar-refractivity contribution < 1.29 is 5.11 Å². The van der Waals surface area contributed by atoms with Crippen molar-refractivity contribution in [1.29, 1.82) is 0 Å². The molecule has 2 N–H and O–H groups in total. The largest absolute Gasteiger partial charge is 0.394 e. The third-order valence-electron chi connectivity index (χ3n) is 5.13. The van der Waals surface area contributed by atoms with Crippen molar-refractivity contribution in [3.05, 3.63) is 0 Å². The van der Waals surface area contributed by atoms with Crippen LogP contribution >= 0.6 is 0 Å². The second-order valence-corrected chi connectivity index (χ2v) is 6.58. The lowest BCUT2D eigenvalue weighted by molar-refractivity contribution is 0.0395. The molecule has 0 radical (unpaired) electrons. The summed E-state index contributed by atoms with van der Waals surface area (Å²) in [7, 11) is 0. The van der Waals surface area contributed by atoms with E-state index in [2.05, 4.69) is 19.2 Å². The van der Waals surface area contributed by atoms with Crippen molar-refractivity contribution in [3.8, 4) is 0 Å². The molecule has 17 heavy (non-hydrogen) atoms. The van der Waals surface area contributed by atoms with E-state index in [0.717, 1.165) is 12.3 Å². The van der Waals surface area contributed by atoms with Crippen molar-refractivity contribution >= 4 is 0 Å². The fourth-order valence-electron chi connectivity index (χ4n) is 3.86. The predicted molar refractivity (Wildman–Crippen MR) is 72.0 cm³/mol. The highest BCUT2D eigenvalue weighted by molar-refractivity contribution is 4.99. The Labute approximate surface area is 106 Å². The molecule has 0 spiro atoms. The Morgan fingerprint density at radius 2 is 1.76 bits per heavy atom. The van der Waals surface area contributed by atoms with Gasteiger partial charge in [0.2, 0.25) is 0 Å². The van der Waals surface area contributed by atoms with Crippen LogP contribution in [0.5, 0.6) is 0 Å². The van der Waals surface area contributed by atoms with E-state index in [1.54, 1.807) is 0 Å². The molecule has 2 aliphatic carbocycles. The van der Waals surface area contributed by atoms with Gasteiger partial charge in [0.05, 0.1) is 6.61 Å². The Hall–Kier alpha value is -0.0800. The topological polar surface area (TPSA) is 32.3 Å². The first-order valence-electron chi connectivity index (χ1n) is 7.55. The van der Waals surface area contributed by atoms with E-state index in [-0.39, 0.29) is 5.54 Å². The Kier molecular flexibility index (Phi) is 4.48. The zero-order chi connectivity index (χ0) is 12.3. The van der Waals surface area contributed by atoms with Gasteiger partial charge < -0.3 is 10.4 Å². The van der Waals surface area contributed by atoms with Crippen LogP contribution in [0, 0.1) is 11.8 Å². The number of aliphatic hydroxyl groups is 1. The van der Waals surface area contributed by atoms with E-state index in [9.17, 15) is 5.11 Å². The molecule has 0 heterocycles. The molecule has 2 fully saturated rings. The highest BCUT2D eigenvalue weighted by Gasteiger charge is 2.41. The molecule has 3 atom stereocenters. The minimum Gasteiger partial charge on any atom is -0.394 e. The van der Waals surface area contributed by atoms with Crippen molar-refractivity contribution in [1.82, 2.24) is 5.32 Å². The zero-order valence-electron chi connectivity index (χ0n) is 11.5. The molecular formula is C15H29NO. The molecule has 0 saturated heterocycles. The highest BCUT2D eigenvalue weighted by Crippen LogP contribution is 2.38. The smallest absolute Gasteiger partial charge is 0.0616 e. The van der Waals surface area contributed by atoms with Crippen LogP contribution in [0.1, 0.15) is 65.2 Å². The highest BCUT2D eigenvalue weighted by atomic mass is 16.3. The summed E-state index contributed by atoms with van der Waals surface area (Å²) in [5.74, 6) is 1.38. The number of nitrogens with one attached hydrogen (secondary N) is 1. The first kappa shape index (κ1) is 13.4. The van der Waals surface area contributed by atoms with Crippen molar-refractivity contribution in [3.63, 3.8) is 0 Å². The van der Waals surface area contributed by atoms with Crippen LogP contribution in [0.2, 0.25) is 0 Å². The average Bonchev–Trinajstić information content (AvgIpc) is 2.35. The number of rotatable bonds is 3. The van der Waals surface area contributed by atoms with Crippen LogP contribution in [-0.2, 0) is 0 Å². The summed E-state index contributed by atoms with van der Waals surface area (Å²) < 4.78 is 0. The van der Waals surface area contributed by atoms with Gasteiger partial charge in [0.1, 0.15) is 0 Å². The van der Waals surface area contributed by atoms with Gasteiger partial charge in [-0.3, -0.25) is 0 Å². The minimum atomic E-state index is 0.0136. The van der Waals surface area contributed by atoms with E-state index in [1.165, 1.54) is 44.9 Å². The number of hydrogen-bond acceptors (Lipinski definition) is 2. The van der Waals surface area contributed by atoms with Crippen LogP contribution in [0.3, 0.4) is 0 Å². The molecule has 0 aliphatic heterocycles. The van der Waals surface area contributed by atoms with E-state index in [0.29, 0.717) is 18.6 Å². The molecule has 0 bridgehead atoms. The molecule has 2 saturated carbocycles. The molecular weight excluding hydrogens is 210 g/mol. The first-order chi connectivity index (χ1) is 8.16. The summed E-state index contributed by atoms with van der Waals surface area (Å²) in [6, 6.07) is 0.656. The SMILES string of the molecule is CC1CCC(C)C(CO)(NC2CCCCC2)C1. The minimum absolute atomic E-state index is 0.0136. The third-order valence-corrected chi connectivity index (χ3v) is 5.13. The predicted octanol–water partition coefficient (Wildman–Crippen LogP) is 3.10. The summed E-state index contributed by atoms with van der Waals surface area (Å²) in [6.45, 7) is 4.96. The van der Waals surface area contributed by atoms with Gasteiger partial charge in [-0.2, -0.15) is 0 Å². The number of hydrogen-bond donors (Lipinski definition) is 2. The van der Waals surface area contributed by atoms with Crippen LogP contribution < -0.4 is 5.32 Å². The van der Waals surface area contributed by atoms with Crippen molar-refractivity contribution in [2.45, 2.75) is 76.8 Å². The second-order valence-electron chi connectivity index (χ2n) is 6.58. The number of aliphatic hydroxyl groups excluding tert-OH is 1. The standard InChI is InChI=1S/C15H29NO/c1-12-8-9-13(2)15(10-12,11-17)16-14-6-4-3-5-7-14/h12-14,16-17H,3-11H2,1-2H3. The molecule has 2 heteroatoms. The maximum atomic E-state index is 9.90. The van der Waals surface area contributed by atoms with E-state index >= 15 is 0 Å². The summed E-state index contributed by atoms with van der Waals surface area (Å²) in [5.41, 5.74) is 0.0136. The lowest BCUT2D eigenvalue weighted by Crippen LogP contribution is -2.59. The van der Waals surface area contributed by atoms with Crippen LogP contribution in [0.4, 0.5) is 0 Å². The summed E-state index contributed by atoms with van der Waals surface area (Å²) in [4.78, 5) is 0. The Balaban J connectivity index is 2.00. The molecule has 100 valence electrons. The Morgan fingerprint density at radius 1 is 1.06 bits per heavy atom. The Bertz CT molecular complexity index is 237. The van der Waals surface area contributed by atoms with E-state index < -0.39 is 0 Å². The van der Waals surface area contributed by atoms with E-state index in [4.69, 9.17) is 0 Å². The van der Waals surface area contributed by atoms with Crippen LogP contribution in [0.15, 0.2) is 0 Å². The zero-order valence-corrected chi connectivity index (χ0v) is 11.5. The maximum Gasteiger partial charge on any atom is 0.0616 e. The molecule has 0 amide bonds. The molecule has 0 aromatic rings. The quantitative estimate of drug-likeness (QED) is 0.793. The van der Waals surface area contributed by atoms with Gasteiger partial charge >= 0.3 is 0 Å².